The number of esters is 1. The van der Waals surface area contributed by atoms with E-state index in [0.29, 0.717) is 43.8 Å². The fourth-order valence-electron chi connectivity index (χ4n) is 4.67. The van der Waals surface area contributed by atoms with Gasteiger partial charge in [0.1, 0.15) is 11.5 Å². The molecule has 8 nitrogen and oxygen atoms in total. The van der Waals surface area contributed by atoms with E-state index in [1.165, 1.54) is 23.1 Å². The number of para-hydroxylation sites is 1. The first-order valence-electron chi connectivity index (χ1n) is 13.4. The van der Waals surface area contributed by atoms with E-state index >= 15 is 0 Å². The Balaban J connectivity index is 1.38. The zero-order valence-electron chi connectivity index (χ0n) is 23.3. The van der Waals surface area contributed by atoms with Crippen molar-refractivity contribution in [3.8, 4) is 5.75 Å². The van der Waals surface area contributed by atoms with E-state index in [4.69, 9.17) is 13.9 Å². The van der Waals surface area contributed by atoms with Crippen molar-refractivity contribution >= 4 is 56.7 Å². The number of carbonyl (C=O) groups is 1. The highest BCUT2D eigenvalue weighted by Gasteiger charge is 2.33. The summed E-state index contributed by atoms with van der Waals surface area (Å²) in [5.74, 6) is 0.747. The molecule has 3 aromatic heterocycles. The Labute approximate surface area is 253 Å². The summed E-state index contributed by atoms with van der Waals surface area (Å²) in [6, 6.07) is 18.4. The van der Waals surface area contributed by atoms with Crippen LogP contribution in [-0.4, -0.2) is 28.2 Å². The third-order valence-corrected chi connectivity index (χ3v) is 9.43. The summed E-state index contributed by atoms with van der Waals surface area (Å²) in [7, 11) is 0. The van der Waals surface area contributed by atoms with Gasteiger partial charge in [0, 0.05) is 6.08 Å². The van der Waals surface area contributed by atoms with Gasteiger partial charge in [-0.05, 0) is 81.4 Å². The summed E-state index contributed by atoms with van der Waals surface area (Å²) in [6.45, 7) is 7.81. The Morgan fingerprint density at radius 2 is 1.90 bits per heavy atom. The Bertz CT molecular complexity index is 1960. The molecule has 1 atom stereocenters. The Kier molecular flexibility index (Phi) is 7.89. The zero-order chi connectivity index (χ0) is 29.4. The molecule has 6 rings (SSSR count). The van der Waals surface area contributed by atoms with E-state index in [1.54, 1.807) is 42.8 Å². The van der Waals surface area contributed by atoms with Crippen molar-refractivity contribution in [1.29, 1.82) is 0 Å². The number of carbonyl (C=O) groups excluding carboxylic acids is 1. The number of ether oxygens (including phenoxy) is 2. The lowest BCUT2D eigenvalue weighted by Crippen LogP contribution is -2.40. The molecule has 5 aromatic rings. The molecule has 4 heterocycles. The monoisotopic (exact) mass is 617 g/mol. The number of hydrogen-bond donors (Lipinski definition) is 0. The van der Waals surface area contributed by atoms with Crippen LogP contribution >= 0.6 is 34.4 Å². The average Bonchev–Trinajstić information content (AvgIpc) is 3.65. The predicted molar refractivity (Wildman–Crippen MR) is 165 cm³/mol. The molecule has 0 radical (unpaired) electrons. The number of fused-ring (bicyclic) bond motifs is 2. The minimum absolute atomic E-state index is 0.267. The van der Waals surface area contributed by atoms with E-state index in [0.717, 1.165) is 20.1 Å². The highest BCUT2D eigenvalue weighted by atomic mass is 32.2. The molecule has 42 heavy (non-hydrogen) atoms. The number of hydrogen-bond acceptors (Lipinski definition) is 10. The molecule has 1 aliphatic heterocycles. The molecule has 0 saturated heterocycles. The maximum atomic E-state index is 13.9. The molecular formula is C31H27N3O5S3. The zero-order valence-corrected chi connectivity index (χ0v) is 25.8. The number of allylic oxidation sites excluding steroid dienone is 1. The number of benzene rings is 2. The number of furan rings is 1. The molecule has 0 saturated carbocycles. The number of nitrogens with zero attached hydrogens (tertiary/aromatic N) is 3. The summed E-state index contributed by atoms with van der Waals surface area (Å²) in [5, 5.41) is 0.676. The van der Waals surface area contributed by atoms with Crippen LogP contribution in [0, 0.1) is 0 Å². The maximum Gasteiger partial charge on any atom is 0.338 e. The van der Waals surface area contributed by atoms with Crippen LogP contribution in [0.15, 0.2) is 95.6 Å². The van der Waals surface area contributed by atoms with Crippen LogP contribution in [0.25, 0.3) is 16.3 Å². The van der Waals surface area contributed by atoms with Gasteiger partial charge in [-0.2, -0.15) is 0 Å². The molecule has 0 bridgehead atoms. The third-order valence-electron chi connectivity index (χ3n) is 6.43. The van der Waals surface area contributed by atoms with Gasteiger partial charge < -0.3 is 13.9 Å². The number of thiazole rings is 2. The Morgan fingerprint density at radius 1 is 1.12 bits per heavy atom. The molecule has 1 aliphatic rings. The predicted octanol–water partition coefficient (Wildman–Crippen LogP) is 5.94. The van der Waals surface area contributed by atoms with Crippen LogP contribution in [-0.2, 0) is 9.53 Å². The van der Waals surface area contributed by atoms with Crippen molar-refractivity contribution in [2.24, 2.45) is 4.99 Å². The van der Waals surface area contributed by atoms with Gasteiger partial charge in [0.2, 0.25) is 0 Å². The van der Waals surface area contributed by atoms with Crippen molar-refractivity contribution in [2.75, 3.05) is 6.61 Å². The van der Waals surface area contributed by atoms with Crippen LogP contribution in [0.5, 0.6) is 5.75 Å². The standard InChI is InChI=1S/C31H27N3O5S3/c1-5-37-20-12-10-19(11-13-20)27-26(29(36)38-17(2)3)18(4)32-30-34(27)28(35)24(40-30)16-21-14-15-25(39-21)42-31-33-22-8-6-7-9-23(22)41-31/h6-17,27H,5H2,1-4H3/b24-16+/t27-/m0/s1. The Hall–Kier alpha value is -3.93. The summed E-state index contributed by atoms with van der Waals surface area (Å²) >= 11 is 4.30. The van der Waals surface area contributed by atoms with Crippen LogP contribution in [0.1, 0.15) is 45.1 Å². The second kappa shape index (κ2) is 11.7. The molecular weight excluding hydrogens is 591 g/mol. The van der Waals surface area contributed by atoms with Crippen molar-refractivity contribution in [3.63, 3.8) is 0 Å². The molecule has 214 valence electrons. The lowest BCUT2D eigenvalue weighted by atomic mass is 9.96. The van der Waals surface area contributed by atoms with Gasteiger partial charge in [-0.3, -0.25) is 9.36 Å². The maximum absolute atomic E-state index is 13.9. The molecule has 2 aromatic carbocycles. The summed E-state index contributed by atoms with van der Waals surface area (Å²) in [6.07, 6.45) is 1.39. The van der Waals surface area contributed by atoms with Gasteiger partial charge in [0.05, 0.1) is 44.8 Å². The molecule has 11 heteroatoms. The fraction of sp³-hybridized carbons (Fsp3) is 0.226. The van der Waals surface area contributed by atoms with Gasteiger partial charge >= 0.3 is 5.97 Å². The van der Waals surface area contributed by atoms with E-state index in [9.17, 15) is 9.59 Å². The van der Waals surface area contributed by atoms with E-state index in [-0.39, 0.29) is 11.7 Å². The van der Waals surface area contributed by atoms with E-state index in [1.807, 2.05) is 67.6 Å². The molecule has 0 amide bonds. The molecule has 0 fully saturated rings. The lowest BCUT2D eigenvalue weighted by Gasteiger charge is -2.25. The van der Waals surface area contributed by atoms with Crippen molar-refractivity contribution in [3.05, 3.63) is 103 Å². The minimum atomic E-state index is -0.702. The highest BCUT2D eigenvalue weighted by molar-refractivity contribution is 8.01. The largest absolute Gasteiger partial charge is 0.494 e. The number of rotatable bonds is 8. The quantitative estimate of drug-likeness (QED) is 0.199. The topological polar surface area (TPSA) is 95.9 Å². The first kappa shape index (κ1) is 28.2. The number of aromatic nitrogens is 2. The van der Waals surface area contributed by atoms with Crippen LogP contribution in [0.2, 0.25) is 0 Å². The molecule has 0 N–H and O–H groups in total. The first-order chi connectivity index (χ1) is 20.3. The van der Waals surface area contributed by atoms with Crippen molar-refractivity contribution in [2.45, 2.75) is 49.3 Å². The third kappa shape index (κ3) is 5.59. The molecule has 0 aliphatic carbocycles. The van der Waals surface area contributed by atoms with Gasteiger partial charge in [0.15, 0.2) is 14.2 Å². The van der Waals surface area contributed by atoms with E-state index < -0.39 is 12.0 Å². The molecule has 0 spiro atoms. The van der Waals surface area contributed by atoms with Crippen LogP contribution in [0.4, 0.5) is 0 Å². The van der Waals surface area contributed by atoms with Crippen molar-refractivity contribution in [1.82, 2.24) is 9.55 Å². The normalized spacial score (nSPS) is 15.3. The van der Waals surface area contributed by atoms with E-state index in [2.05, 4.69) is 9.98 Å². The Morgan fingerprint density at radius 3 is 2.64 bits per heavy atom. The summed E-state index contributed by atoms with van der Waals surface area (Å²) < 4.78 is 21.2. The second-order valence-electron chi connectivity index (χ2n) is 9.74. The first-order valence-corrected chi connectivity index (χ1v) is 15.8. The lowest BCUT2D eigenvalue weighted by molar-refractivity contribution is -0.143. The average molecular weight is 618 g/mol. The highest BCUT2D eigenvalue weighted by Crippen LogP contribution is 2.35. The second-order valence-corrected chi connectivity index (χ2v) is 13.0. The summed E-state index contributed by atoms with van der Waals surface area (Å²) in [4.78, 5) is 37.0. The molecule has 0 unspecified atom stereocenters. The SMILES string of the molecule is CCOc1ccc([C@H]2C(C(=O)OC(C)C)=C(C)N=c3s/c(=C/c4ccc(Sc5nc6ccccc6s5)o4)c(=O)n32)cc1. The van der Waals surface area contributed by atoms with Crippen LogP contribution < -0.4 is 19.6 Å². The summed E-state index contributed by atoms with van der Waals surface area (Å²) in [5.41, 5.74) is 2.28. The smallest absolute Gasteiger partial charge is 0.338 e. The van der Waals surface area contributed by atoms with Crippen molar-refractivity contribution < 1.29 is 18.7 Å². The fourth-order valence-corrected chi connectivity index (χ4v) is 7.66. The van der Waals surface area contributed by atoms with Gasteiger partial charge in [0.25, 0.3) is 5.56 Å². The van der Waals surface area contributed by atoms with Gasteiger partial charge in [-0.1, -0.05) is 35.6 Å². The van der Waals surface area contributed by atoms with Crippen LogP contribution in [0.3, 0.4) is 0 Å². The minimum Gasteiger partial charge on any atom is -0.494 e. The van der Waals surface area contributed by atoms with Gasteiger partial charge in [-0.25, -0.2) is 14.8 Å². The van der Waals surface area contributed by atoms with Gasteiger partial charge in [-0.15, -0.1) is 11.3 Å².